The van der Waals surface area contributed by atoms with Crippen LogP contribution in [-0.2, 0) is 4.79 Å². The number of aliphatic carboxylic acids is 1. The van der Waals surface area contributed by atoms with E-state index >= 15 is 0 Å². The summed E-state index contributed by atoms with van der Waals surface area (Å²) in [6.07, 6.45) is 4.15. The Morgan fingerprint density at radius 3 is 2.75 bits per heavy atom. The van der Waals surface area contributed by atoms with Crippen molar-refractivity contribution < 1.29 is 9.90 Å². The largest absolute Gasteiger partial charge is 0.480 e. The first-order valence-corrected chi connectivity index (χ1v) is 6.43. The van der Waals surface area contributed by atoms with E-state index in [1.807, 2.05) is 36.6 Å². The van der Waals surface area contributed by atoms with Gasteiger partial charge in [-0.1, -0.05) is 30.3 Å². The highest BCUT2D eigenvalue weighted by Gasteiger charge is 2.13. The zero-order valence-electron chi connectivity index (χ0n) is 9.17. The van der Waals surface area contributed by atoms with Crippen LogP contribution in [0.1, 0.15) is 12.0 Å². The summed E-state index contributed by atoms with van der Waals surface area (Å²) in [6, 6.07) is 8.89. The average molecular weight is 237 g/mol. The van der Waals surface area contributed by atoms with Crippen molar-refractivity contribution in [3.8, 4) is 0 Å². The molecular weight excluding hydrogens is 222 g/mol. The lowest BCUT2D eigenvalue weighted by Gasteiger charge is -2.05. The number of hydrogen-bond donors (Lipinski definition) is 1. The fourth-order valence-corrected chi connectivity index (χ4v) is 1.67. The van der Waals surface area contributed by atoms with Crippen molar-refractivity contribution in [1.29, 1.82) is 0 Å². The first kappa shape index (κ1) is 12.8. The molecule has 0 saturated heterocycles. The maximum atomic E-state index is 10.9. The fraction of sp³-hybridized carbons (Fsp3) is 0.333. The van der Waals surface area contributed by atoms with Crippen molar-refractivity contribution in [3.63, 3.8) is 0 Å². The molecule has 4 heteroatoms. The van der Waals surface area contributed by atoms with Crippen LogP contribution in [-0.4, -0.2) is 35.3 Å². The van der Waals surface area contributed by atoms with Crippen molar-refractivity contribution in [2.45, 2.75) is 12.5 Å². The molecule has 3 nitrogen and oxygen atoms in total. The second kappa shape index (κ2) is 7.06. The molecule has 0 aromatic heterocycles. The Kier molecular flexibility index (Phi) is 5.64. The van der Waals surface area contributed by atoms with Gasteiger partial charge in [-0.3, -0.25) is 4.99 Å². The summed E-state index contributed by atoms with van der Waals surface area (Å²) in [4.78, 5) is 15.0. The van der Waals surface area contributed by atoms with Gasteiger partial charge in [0.1, 0.15) is 6.04 Å². The molecular formula is C12H15NO2S. The molecule has 0 aliphatic carbocycles. The Labute approximate surface area is 99.6 Å². The van der Waals surface area contributed by atoms with Gasteiger partial charge in [-0.05, 0) is 24.0 Å². The monoisotopic (exact) mass is 237 g/mol. The molecule has 1 atom stereocenters. The van der Waals surface area contributed by atoms with Crippen LogP contribution in [0.4, 0.5) is 0 Å². The summed E-state index contributed by atoms with van der Waals surface area (Å²) in [5, 5.41) is 8.95. The number of carboxylic acids is 1. The molecule has 0 saturated carbocycles. The molecule has 86 valence electrons. The predicted octanol–water partition coefficient (Wildman–Crippen LogP) is 2.31. The standard InChI is InChI=1S/C12H15NO2S/c1-16-8-7-11(12(14)15)13-9-10-5-3-2-4-6-10/h2-6,9,11H,7-8H2,1H3,(H,14,15)/t11-/m1/s1. The smallest absolute Gasteiger partial charge is 0.328 e. The SMILES string of the molecule is CSCC[C@@H](N=Cc1ccccc1)C(=O)O. The molecule has 0 aliphatic heterocycles. The second-order valence-electron chi connectivity index (χ2n) is 3.32. The highest BCUT2D eigenvalue weighted by molar-refractivity contribution is 7.98. The van der Waals surface area contributed by atoms with Crippen molar-refractivity contribution in [3.05, 3.63) is 35.9 Å². The lowest BCUT2D eigenvalue weighted by Crippen LogP contribution is -2.18. The summed E-state index contributed by atoms with van der Waals surface area (Å²) in [6.45, 7) is 0. The Bertz CT molecular complexity index is 351. The van der Waals surface area contributed by atoms with Crippen LogP contribution >= 0.6 is 11.8 Å². The third-order valence-electron chi connectivity index (χ3n) is 2.08. The van der Waals surface area contributed by atoms with E-state index in [4.69, 9.17) is 5.11 Å². The number of hydrogen-bond acceptors (Lipinski definition) is 3. The zero-order valence-corrected chi connectivity index (χ0v) is 9.98. The van der Waals surface area contributed by atoms with Gasteiger partial charge < -0.3 is 5.11 Å². The highest BCUT2D eigenvalue weighted by atomic mass is 32.2. The van der Waals surface area contributed by atoms with E-state index in [0.29, 0.717) is 6.42 Å². The van der Waals surface area contributed by atoms with Gasteiger partial charge in [-0.2, -0.15) is 11.8 Å². The Balaban J connectivity index is 2.61. The number of carbonyl (C=O) groups is 1. The van der Waals surface area contributed by atoms with Gasteiger partial charge in [0, 0.05) is 6.21 Å². The van der Waals surface area contributed by atoms with Crippen LogP contribution in [0.25, 0.3) is 0 Å². The zero-order chi connectivity index (χ0) is 11.8. The van der Waals surface area contributed by atoms with Gasteiger partial charge in [-0.15, -0.1) is 0 Å². The number of carboxylic acid groups (broad SMARTS) is 1. The van der Waals surface area contributed by atoms with Gasteiger partial charge >= 0.3 is 5.97 Å². The van der Waals surface area contributed by atoms with E-state index in [2.05, 4.69) is 4.99 Å². The molecule has 0 fully saturated rings. The molecule has 0 unspecified atom stereocenters. The highest BCUT2D eigenvalue weighted by Crippen LogP contribution is 2.05. The maximum Gasteiger partial charge on any atom is 0.328 e. The van der Waals surface area contributed by atoms with E-state index in [-0.39, 0.29) is 0 Å². The molecule has 1 rings (SSSR count). The van der Waals surface area contributed by atoms with Gasteiger partial charge in [0.2, 0.25) is 0 Å². The Hall–Kier alpha value is -1.29. The van der Waals surface area contributed by atoms with Crippen molar-refractivity contribution in [2.24, 2.45) is 4.99 Å². The summed E-state index contributed by atoms with van der Waals surface area (Å²) in [7, 11) is 0. The van der Waals surface area contributed by atoms with Gasteiger partial charge in [0.15, 0.2) is 0 Å². The maximum absolute atomic E-state index is 10.9. The molecule has 1 aromatic carbocycles. The number of rotatable bonds is 6. The van der Waals surface area contributed by atoms with Crippen LogP contribution in [0, 0.1) is 0 Å². The van der Waals surface area contributed by atoms with Crippen LogP contribution < -0.4 is 0 Å². The van der Waals surface area contributed by atoms with Crippen molar-refractivity contribution in [2.75, 3.05) is 12.0 Å². The summed E-state index contributed by atoms with van der Waals surface area (Å²) in [5.74, 6) is -0.0513. The van der Waals surface area contributed by atoms with E-state index in [9.17, 15) is 4.79 Å². The van der Waals surface area contributed by atoms with E-state index in [1.54, 1.807) is 18.0 Å². The molecule has 1 aromatic rings. The van der Waals surface area contributed by atoms with Gasteiger partial charge in [-0.25, -0.2) is 4.79 Å². The normalized spacial score (nSPS) is 12.8. The average Bonchev–Trinajstić information content (AvgIpc) is 2.30. The molecule has 0 amide bonds. The first-order valence-electron chi connectivity index (χ1n) is 5.04. The van der Waals surface area contributed by atoms with E-state index in [1.165, 1.54) is 0 Å². The van der Waals surface area contributed by atoms with Gasteiger partial charge in [0.25, 0.3) is 0 Å². The Morgan fingerprint density at radius 1 is 1.50 bits per heavy atom. The summed E-state index contributed by atoms with van der Waals surface area (Å²) < 4.78 is 0. The first-order chi connectivity index (χ1) is 7.74. The predicted molar refractivity (Wildman–Crippen MR) is 68.5 cm³/mol. The molecule has 1 N–H and O–H groups in total. The lowest BCUT2D eigenvalue weighted by molar-refractivity contribution is -0.138. The van der Waals surface area contributed by atoms with Crippen LogP contribution in [0.2, 0.25) is 0 Å². The van der Waals surface area contributed by atoms with Crippen LogP contribution in [0.5, 0.6) is 0 Å². The van der Waals surface area contributed by atoms with E-state index in [0.717, 1.165) is 11.3 Å². The topological polar surface area (TPSA) is 49.7 Å². The molecule has 16 heavy (non-hydrogen) atoms. The van der Waals surface area contributed by atoms with Crippen LogP contribution in [0.3, 0.4) is 0 Å². The van der Waals surface area contributed by atoms with Crippen molar-refractivity contribution in [1.82, 2.24) is 0 Å². The number of benzene rings is 1. The fourth-order valence-electron chi connectivity index (χ4n) is 1.21. The summed E-state index contributed by atoms with van der Waals surface area (Å²) in [5.41, 5.74) is 0.929. The summed E-state index contributed by atoms with van der Waals surface area (Å²) >= 11 is 1.63. The van der Waals surface area contributed by atoms with Crippen molar-refractivity contribution >= 4 is 23.9 Å². The molecule has 0 heterocycles. The third kappa shape index (κ3) is 4.49. The molecule has 0 spiro atoms. The molecule has 0 bridgehead atoms. The molecule has 0 radical (unpaired) electrons. The minimum atomic E-state index is -0.860. The second-order valence-corrected chi connectivity index (χ2v) is 4.31. The number of aliphatic imine (C=N–C) groups is 1. The number of thioether (sulfide) groups is 1. The van der Waals surface area contributed by atoms with Gasteiger partial charge in [0.05, 0.1) is 0 Å². The van der Waals surface area contributed by atoms with Crippen LogP contribution in [0.15, 0.2) is 35.3 Å². The minimum absolute atomic E-state index is 0.569. The Morgan fingerprint density at radius 2 is 2.19 bits per heavy atom. The lowest BCUT2D eigenvalue weighted by atomic mass is 10.2. The minimum Gasteiger partial charge on any atom is -0.480 e. The third-order valence-corrected chi connectivity index (χ3v) is 2.73. The molecule has 0 aliphatic rings. The van der Waals surface area contributed by atoms with E-state index < -0.39 is 12.0 Å². The quantitative estimate of drug-likeness (QED) is 0.772. The number of nitrogens with zero attached hydrogens (tertiary/aromatic N) is 1.